The average Bonchev–Trinajstić information content (AvgIpc) is 3.29. The standard InChI is InChI=1S/C30H29ClFN5O4/c31-21-5-7-23(8-6-21)36-13-11-35(12-14-36)17-19-1-3-20(4-2-19)18-41-26-16-22(32)15-24-28(26)34-37(30(24)40)25-9-10-27(38)33-29(25)39/h1-8,15-16,25,34H,9-14,17-18H2,(H,33,38,39). The minimum atomic E-state index is -0.878. The molecular weight excluding hydrogens is 549 g/mol. The van der Waals surface area contributed by atoms with Crippen LogP contribution in [0, 0.1) is 5.82 Å². The van der Waals surface area contributed by atoms with Crippen molar-refractivity contribution >= 4 is 40.0 Å². The van der Waals surface area contributed by atoms with Crippen molar-refractivity contribution < 1.29 is 18.7 Å². The minimum Gasteiger partial charge on any atom is -0.487 e. The van der Waals surface area contributed by atoms with Crippen LogP contribution in [-0.4, -0.2) is 52.7 Å². The monoisotopic (exact) mass is 577 g/mol. The van der Waals surface area contributed by atoms with Gasteiger partial charge in [-0.2, -0.15) is 0 Å². The first-order chi connectivity index (χ1) is 19.8. The number of aromatic nitrogens is 2. The molecule has 1 atom stereocenters. The van der Waals surface area contributed by atoms with Gasteiger partial charge in [-0.1, -0.05) is 35.9 Å². The Kier molecular flexibility index (Phi) is 7.51. The Morgan fingerprint density at radius 3 is 2.34 bits per heavy atom. The highest BCUT2D eigenvalue weighted by Gasteiger charge is 2.30. The van der Waals surface area contributed by atoms with Crippen molar-refractivity contribution in [2.45, 2.75) is 32.0 Å². The van der Waals surface area contributed by atoms with Gasteiger partial charge in [0.1, 0.15) is 29.7 Å². The van der Waals surface area contributed by atoms with Crippen LogP contribution >= 0.6 is 11.6 Å². The van der Waals surface area contributed by atoms with Gasteiger partial charge >= 0.3 is 0 Å². The summed E-state index contributed by atoms with van der Waals surface area (Å²) in [6.45, 7) is 4.82. The van der Waals surface area contributed by atoms with E-state index >= 15 is 0 Å². The number of carbonyl (C=O) groups excluding carboxylic acids is 2. The summed E-state index contributed by atoms with van der Waals surface area (Å²) < 4.78 is 21.5. The first-order valence-corrected chi connectivity index (χ1v) is 13.9. The summed E-state index contributed by atoms with van der Waals surface area (Å²) >= 11 is 6.01. The molecule has 2 saturated heterocycles. The zero-order valence-corrected chi connectivity index (χ0v) is 23.0. The summed E-state index contributed by atoms with van der Waals surface area (Å²) in [6.07, 6.45) is 0.298. The van der Waals surface area contributed by atoms with E-state index in [1.54, 1.807) is 0 Å². The lowest BCUT2D eigenvalue weighted by Crippen LogP contribution is -2.45. The third-order valence-electron chi connectivity index (χ3n) is 7.66. The van der Waals surface area contributed by atoms with Gasteiger partial charge in [-0.25, -0.2) is 9.07 Å². The number of halogens is 2. The molecule has 0 saturated carbocycles. The molecular formula is C30H29ClFN5O4. The maximum atomic E-state index is 14.4. The number of H-pyrrole nitrogens is 1. The molecule has 4 aromatic rings. The predicted molar refractivity (Wildman–Crippen MR) is 154 cm³/mol. The number of piperazine rings is 1. The van der Waals surface area contributed by atoms with E-state index in [0.29, 0.717) is 5.52 Å². The second-order valence-corrected chi connectivity index (χ2v) is 10.9. The zero-order chi connectivity index (χ0) is 28.5. The van der Waals surface area contributed by atoms with Crippen molar-refractivity contribution in [3.8, 4) is 5.75 Å². The predicted octanol–water partition coefficient (Wildman–Crippen LogP) is 4.00. The summed E-state index contributed by atoms with van der Waals surface area (Å²) in [5.74, 6) is -1.40. The van der Waals surface area contributed by atoms with Crippen molar-refractivity contribution in [1.29, 1.82) is 0 Å². The number of aromatic amines is 1. The normalized spacial score (nSPS) is 18.1. The lowest BCUT2D eigenvalue weighted by atomic mass is 10.1. The lowest BCUT2D eigenvalue weighted by Gasteiger charge is -2.36. The first-order valence-electron chi connectivity index (χ1n) is 13.5. The number of amides is 2. The maximum absolute atomic E-state index is 14.4. The molecule has 9 nitrogen and oxygen atoms in total. The van der Waals surface area contributed by atoms with Crippen LogP contribution in [-0.2, 0) is 22.7 Å². The summed E-state index contributed by atoms with van der Waals surface area (Å²) in [4.78, 5) is 41.6. The van der Waals surface area contributed by atoms with E-state index < -0.39 is 23.3 Å². The van der Waals surface area contributed by atoms with Crippen LogP contribution in [0.4, 0.5) is 10.1 Å². The summed E-state index contributed by atoms with van der Waals surface area (Å²) in [6, 6.07) is 17.5. The number of hydrogen-bond acceptors (Lipinski definition) is 6. The molecule has 0 spiro atoms. The SMILES string of the molecule is O=C1CCC(n2[nH]c3c(OCc4ccc(CN5CCN(c6ccc(Cl)cc6)CC5)cc4)cc(F)cc3c2=O)C(=O)N1. The van der Waals surface area contributed by atoms with E-state index in [1.165, 1.54) is 17.3 Å². The Bertz CT molecular complexity index is 1640. The van der Waals surface area contributed by atoms with Gasteiger partial charge in [0, 0.05) is 55.9 Å². The molecule has 3 heterocycles. The average molecular weight is 578 g/mol. The third kappa shape index (κ3) is 5.84. The number of ether oxygens (including phenoxy) is 1. The van der Waals surface area contributed by atoms with E-state index in [1.807, 2.05) is 24.3 Å². The molecule has 3 aromatic carbocycles. The summed E-state index contributed by atoms with van der Waals surface area (Å²) in [5, 5.41) is 5.97. The molecule has 0 radical (unpaired) electrons. The highest BCUT2D eigenvalue weighted by molar-refractivity contribution is 6.30. The Morgan fingerprint density at radius 1 is 0.927 bits per heavy atom. The molecule has 11 heteroatoms. The molecule has 2 amide bonds. The second kappa shape index (κ2) is 11.4. The Labute approximate surface area is 240 Å². The Morgan fingerprint density at radius 2 is 1.63 bits per heavy atom. The molecule has 1 unspecified atom stereocenters. The van der Waals surface area contributed by atoms with Gasteiger partial charge in [0.05, 0.1) is 5.39 Å². The van der Waals surface area contributed by atoms with Crippen molar-refractivity contribution in [2.24, 2.45) is 0 Å². The van der Waals surface area contributed by atoms with Crippen molar-refractivity contribution in [2.75, 3.05) is 31.1 Å². The first kappa shape index (κ1) is 27.0. The smallest absolute Gasteiger partial charge is 0.275 e. The van der Waals surface area contributed by atoms with E-state index in [4.69, 9.17) is 16.3 Å². The molecule has 0 aliphatic carbocycles. The summed E-state index contributed by atoms with van der Waals surface area (Å²) in [7, 11) is 0. The van der Waals surface area contributed by atoms with E-state index in [9.17, 15) is 18.8 Å². The minimum absolute atomic E-state index is 0.0798. The van der Waals surface area contributed by atoms with E-state index in [-0.39, 0.29) is 36.5 Å². The van der Waals surface area contributed by atoms with Crippen LogP contribution in [0.5, 0.6) is 5.75 Å². The van der Waals surface area contributed by atoms with Gasteiger partial charge in [-0.05, 0) is 47.9 Å². The molecule has 1 aromatic heterocycles. The third-order valence-corrected chi connectivity index (χ3v) is 7.91. The van der Waals surface area contributed by atoms with Crippen LogP contribution in [0.25, 0.3) is 10.9 Å². The molecule has 212 valence electrons. The van der Waals surface area contributed by atoms with Gasteiger partial charge in [-0.3, -0.25) is 29.7 Å². The highest BCUT2D eigenvalue weighted by Crippen LogP contribution is 2.27. The highest BCUT2D eigenvalue weighted by atomic mass is 35.5. The van der Waals surface area contributed by atoms with Crippen molar-refractivity contribution in [1.82, 2.24) is 20.0 Å². The molecule has 0 bridgehead atoms. The number of nitrogens with one attached hydrogen (secondary N) is 2. The number of piperidine rings is 1. The van der Waals surface area contributed by atoms with Gasteiger partial charge in [0.2, 0.25) is 5.91 Å². The number of carbonyl (C=O) groups is 2. The van der Waals surface area contributed by atoms with Gasteiger partial charge in [0.25, 0.3) is 11.5 Å². The fraction of sp³-hybridized carbons (Fsp3) is 0.300. The summed E-state index contributed by atoms with van der Waals surface area (Å²) in [5.41, 5.74) is 3.02. The number of imide groups is 1. The quantitative estimate of drug-likeness (QED) is 0.322. The van der Waals surface area contributed by atoms with Gasteiger partial charge < -0.3 is 9.64 Å². The fourth-order valence-electron chi connectivity index (χ4n) is 5.40. The van der Waals surface area contributed by atoms with Crippen LogP contribution in [0.1, 0.15) is 30.0 Å². The number of nitrogens with zero attached hydrogens (tertiary/aromatic N) is 3. The number of fused-ring (bicyclic) bond motifs is 1. The van der Waals surface area contributed by atoms with E-state index in [0.717, 1.165) is 54.1 Å². The topological polar surface area (TPSA) is 99.7 Å². The second-order valence-electron chi connectivity index (χ2n) is 10.4. The van der Waals surface area contributed by atoms with Crippen LogP contribution in [0.2, 0.25) is 5.02 Å². The largest absolute Gasteiger partial charge is 0.487 e. The van der Waals surface area contributed by atoms with Crippen LogP contribution in [0.3, 0.4) is 0 Å². The van der Waals surface area contributed by atoms with Gasteiger partial charge in [0.15, 0.2) is 0 Å². The molecule has 6 rings (SSSR count). The zero-order valence-electron chi connectivity index (χ0n) is 22.2. The molecule has 41 heavy (non-hydrogen) atoms. The molecule has 2 N–H and O–H groups in total. The molecule has 2 aliphatic rings. The molecule has 2 aliphatic heterocycles. The number of benzene rings is 3. The Balaban J connectivity index is 1.08. The lowest BCUT2D eigenvalue weighted by molar-refractivity contribution is -0.136. The fourth-order valence-corrected chi connectivity index (χ4v) is 5.53. The van der Waals surface area contributed by atoms with E-state index in [2.05, 4.69) is 44.5 Å². The van der Waals surface area contributed by atoms with Gasteiger partial charge in [-0.15, -0.1) is 0 Å². The Hall–Kier alpha value is -4.15. The number of anilines is 1. The molecule has 2 fully saturated rings. The van der Waals surface area contributed by atoms with Crippen LogP contribution in [0.15, 0.2) is 65.5 Å². The maximum Gasteiger partial charge on any atom is 0.275 e. The van der Waals surface area contributed by atoms with Crippen LogP contribution < -0.4 is 20.5 Å². The number of hydrogen-bond donors (Lipinski definition) is 2. The number of rotatable bonds is 7. The van der Waals surface area contributed by atoms with Crippen molar-refractivity contribution in [3.05, 3.63) is 93.0 Å². The van der Waals surface area contributed by atoms with Crippen molar-refractivity contribution in [3.63, 3.8) is 0 Å².